The predicted molar refractivity (Wildman–Crippen MR) is 78.3 cm³/mol. The van der Waals surface area contributed by atoms with Gasteiger partial charge >= 0.3 is 0 Å². The van der Waals surface area contributed by atoms with Gasteiger partial charge in [-0.3, -0.25) is 0 Å². The third kappa shape index (κ3) is 2.63. The summed E-state index contributed by atoms with van der Waals surface area (Å²) in [4.78, 5) is 9.58. The Morgan fingerprint density at radius 1 is 1.43 bits per heavy atom. The minimum absolute atomic E-state index is 0.208. The highest BCUT2D eigenvalue weighted by Gasteiger charge is 2.20. The summed E-state index contributed by atoms with van der Waals surface area (Å²) >= 11 is 3.07. The quantitative estimate of drug-likeness (QED) is 0.680. The minimum atomic E-state index is 0.208. The molecule has 0 aliphatic carbocycles. The summed E-state index contributed by atoms with van der Waals surface area (Å²) < 4.78 is 7.43. The molecule has 0 amide bonds. The van der Waals surface area contributed by atoms with E-state index in [-0.39, 0.29) is 6.10 Å². The Balaban J connectivity index is 1.59. The fourth-order valence-corrected chi connectivity index (χ4v) is 3.94. The van der Waals surface area contributed by atoms with Crippen LogP contribution in [0.15, 0.2) is 28.0 Å². The molecule has 7 nitrogen and oxygen atoms in total. The van der Waals surface area contributed by atoms with Crippen molar-refractivity contribution >= 4 is 33.3 Å². The maximum atomic E-state index is 5.64. The number of nitrogens with zero attached hydrogens (tertiary/aromatic N) is 6. The van der Waals surface area contributed by atoms with Gasteiger partial charge in [-0.15, -0.1) is 16.4 Å². The molecular weight excluding hydrogens is 308 g/mol. The number of ether oxygens (including phenoxy) is 1. The molecule has 0 spiro atoms. The molecule has 3 aromatic rings. The van der Waals surface area contributed by atoms with Gasteiger partial charge in [0, 0.05) is 12.0 Å². The maximum absolute atomic E-state index is 5.64. The van der Waals surface area contributed by atoms with Gasteiger partial charge in [0.2, 0.25) is 5.16 Å². The monoisotopic (exact) mass is 320 g/mol. The van der Waals surface area contributed by atoms with Crippen LogP contribution >= 0.6 is 23.1 Å². The van der Waals surface area contributed by atoms with Crippen molar-refractivity contribution in [3.05, 3.63) is 17.8 Å². The smallest absolute Gasteiger partial charge is 0.215 e. The van der Waals surface area contributed by atoms with Crippen LogP contribution in [0.5, 0.6) is 0 Å². The third-order valence-corrected chi connectivity index (χ3v) is 5.13. The molecule has 0 aromatic carbocycles. The SMILES string of the molecule is c1nc(Sc2nnnn2CC2CCCO2)c2ccsc2n1. The summed E-state index contributed by atoms with van der Waals surface area (Å²) in [7, 11) is 0. The highest BCUT2D eigenvalue weighted by molar-refractivity contribution is 7.99. The molecule has 1 fully saturated rings. The molecule has 21 heavy (non-hydrogen) atoms. The molecule has 3 aromatic heterocycles. The van der Waals surface area contributed by atoms with Crippen LogP contribution in [-0.2, 0) is 11.3 Å². The largest absolute Gasteiger partial charge is 0.376 e. The maximum Gasteiger partial charge on any atom is 0.215 e. The van der Waals surface area contributed by atoms with Crippen molar-refractivity contribution in [2.24, 2.45) is 0 Å². The lowest BCUT2D eigenvalue weighted by Crippen LogP contribution is -2.16. The lowest BCUT2D eigenvalue weighted by molar-refractivity contribution is 0.0912. The van der Waals surface area contributed by atoms with E-state index in [1.165, 1.54) is 11.8 Å². The average Bonchev–Trinajstić information content (AvgIpc) is 3.22. The van der Waals surface area contributed by atoms with Crippen molar-refractivity contribution in [3.63, 3.8) is 0 Å². The molecule has 1 unspecified atom stereocenters. The molecular formula is C12H12N6OS2. The van der Waals surface area contributed by atoms with Crippen molar-refractivity contribution in [2.75, 3.05) is 6.61 Å². The summed E-state index contributed by atoms with van der Waals surface area (Å²) in [6, 6.07) is 2.02. The van der Waals surface area contributed by atoms with Crippen LogP contribution in [0.3, 0.4) is 0 Å². The summed E-state index contributed by atoms with van der Waals surface area (Å²) in [6.45, 7) is 1.52. The Bertz CT molecular complexity index is 751. The number of aromatic nitrogens is 6. The van der Waals surface area contributed by atoms with Gasteiger partial charge in [0.05, 0.1) is 12.6 Å². The molecule has 0 radical (unpaired) electrons. The predicted octanol–water partition coefficient (Wildman–Crippen LogP) is 2.01. The minimum Gasteiger partial charge on any atom is -0.376 e. The molecule has 4 rings (SSSR count). The summed E-state index contributed by atoms with van der Waals surface area (Å²) in [6.07, 6.45) is 3.96. The van der Waals surface area contributed by atoms with E-state index in [0.717, 1.165) is 39.8 Å². The second kappa shape index (κ2) is 5.66. The number of rotatable bonds is 4. The van der Waals surface area contributed by atoms with Crippen LogP contribution in [-0.4, -0.2) is 42.9 Å². The molecule has 0 saturated carbocycles. The van der Waals surface area contributed by atoms with Gasteiger partial charge < -0.3 is 4.74 Å². The van der Waals surface area contributed by atoms with E-state index in [2.05, 4.69) is 25.5 Å². The number of thiophene rings is 1. The van der Waals surface area contributed by atoms with Crippen molar-refractivity contribution in [2.45, 2.75) is 35.7 Å². The van der Waals surface area contributed by atoms with E-state index in [1.807, 2.05) is 11.4 Å². The van der Waals surface area contributed by atoms with Gasteiger partial charge in [0.1, 0.15) is 16.2 Å². The number of fused-ring (bicyclic) bond motifs is 1. The summed E-state index contributed by atoms with van der Waals surface area (Å²) in [5, 5.41) is 16.6. The molecule has 1 saturated heterocycles. The van der Waals surface area contributed by atoms with Gasteiger partial charge in [-0.1, -0.05) is 0 Å². The zero-order valence-electron chi connectivity index (χ0n) is 11.0. The van der Waals surface area contributed by atoms with E-state index in [4.69, 9.17) is 4.74 Å². The Morgan fingerprint density at radius 2 is 2.43 bits per heavy atom. The topological polar surface area (TPSA) is 78.6 Å². The fraction of sp³-hybridized carbons (Fsp3) is 0.417. The Morgan fingerprint density at radius 3 is 3.33 bits per heavy atom. The molecule has 9 heteroatoms. The fourth-order valence-electron chi connectivity index (χ4n) is 2.30. The first-order chi connectivity index (χ1) is 10.4. The van der Waals surface area contributed by atoms with Gasteiger partial charge in [-0.25, -0.2) is 14.6 Å². The van der Waals surface area contributed by atoms with Gasteiger partial charge in [0.25, 0.3) is 0 Å². The lowest BCUT2D eigenvalue weighted by atomic mass is 10.2. The molecule has 1 aliphatic heterocycles. The van der Waals surface area contributed by atoms with E-state index >= 15 is 0 Å². The highest BCUT2D eigenvalue weighted by atomic mass is 32.2. The van der Waals surface area contributed by atoms with Crippen LogP contribution in [0.25, 0.3) is 10.2 Å². The molecule has 1 aliphatic rings. The molecule has 1 atom stereocenters. The molecule has 4 heterocycles. The van der Waals surface area contributed by atoms with Gasteiger partial charge in [-0.2, -0.15) is 0 Å². The van der Waals surface area contributed by atoms with E-state index in [0.29, 0.717) is 6.54 Å². The number of tetrazole rings is 1. The van der Waals surface area contributed by atoms with Crippen molar-refractivity contribution in [3.8, 4) is 0 Å². The number of hydrogen-bond donors (Lipinski definition) is 0. The van der Waals surface area contributed by atoms with Crippen LogP contribution in [0.1, 0.15) is 12.8 Å². The van der Waals surface area contributed by atoms with Crippen molar-refractivity contribution < 1.29 is 4.74 Å². The average molecular weight is 320 g/mol. The van der Waals surface area contributed by atoms with E-state index < -0.39 is 0 Å². The van der Waals surface area contributed by atoms with Crippen molar-refractivity contribution in [1.29, 1.82) is 0 Å². The van der Waals surface area contributed by atoms with Gasteiger partial charge in [-0.05, 0) is 46.5 Å². The Hall–Kier alpha value is -1.58. The van der Waals surface area contributed by atoms with Crippen LogP contribution in [0, 0.1) is 0 Å². The Kier molecular flexibility index (Phi) is 3.53. The highest BCUT2D eigenvalue weighted by Crippen LogP contribution is 2.31. The standard InChI is InChI=1S/C12H12N6OS2/c1-2-8(19-4-1)6-18-12(15-16-17-18)21-11-9-3-5-20-10(9)13-7-14-11/h3,5,7-8H,1-2,4,6H2. The first kappa shape index (κ1) is 13.1. The van der Waals surface area contributed by atoms with Crippen LogP contribution in [0.4, 0.5) is 0 Å². The molecule has 0 bridgehead atoms. The van der Waals surface area contributed by atoms with Gasteiger partial charge in [0.15, 0.2) is 0 Å². The van der Waals surface area contributed by atoms with E-state index in [9.17, 15) is 0 Å². The van der Waals surface area contributed by atoms with Crippen LogP contribution < -0.4 is 0 Å². The van der Waals surface area contributed by atoms with Crippen molar-refractivity contribution in [1.82, 2.24) is 30.2 Å². The molecule has 108 valence electrons. The first-order valence-electron chi connectivity index (χ1n) is 6.64. The summed E-state index contributed by atoms with van der Waals surface area (Å²) in [5.41, 5.74) is 0. The van der Waals surface area contributed by atoms with E-state index in [1.54, 1.807) is 22.3 Å². The van der Waals surface area contributed by atoms with Crippen LogP contribution in [0.2, 0.25) is 0 Å². The molecule has 0 N–H and O–H groups in total. The normalized spacial score (nSPS) is 18.6. The Labute approximate surface area is 128 Å². The second-order valence-electron chi connectivity index (χ2n) is 4.70. The second-order valence-corrected chi connectivity index (χ2v) is 6.55. The zero-order valence-corrected chi connectivity index (χ0v) is 12.7. The summed E-state index contributed by atoms with van der Waals surface area (Å²) in [5.74, 6) is 0. The number of hydrogen-bond acceptors (Lipinski definition) is 8. The third-order valence-electron chi connectivity index (χ3n) is 3.31. The lowest BCUT2D eigenvalue weighted by Gasteiger charge is -2.09. The first-order valence-corrected chi connectivity index (χ1v) is 8.33. The zero-order chi connectivity index (χ0) is 14.1.